The highest BCUT2D eigenvalue weighted by Gasteiger charge is 2.15. The lowest BCUT2D eigenvalue weighted by Crippen LogP contribution is -2.38. The minimum absolute atomic E-state index is 0.0726. The van der Waals surface area contributed by atoms with Crippen molar-refractivity contribution in [3.8, 4) is 11.5 Å². The highest BCUT2D eigenvalue weighted by molar-refractivity contribution is 5.97. The summed E-state index contributed by atoms with van der Waals surface area (Å²) < 4.78 is 0. The molecule has 0 aliphatic rings. The average molecular weight is 225 g/mol. The molecule has 1 aromatic carbocycles. The number of carboxylic acids is 1. The number of phenols is 2. The molecule has 1 unspecified atom stereocenters. The zero-order valence-electron chi connectivity index (χ0n) is 8.47. The third-order valence-corrected chi connectivity index (χ3v) is 1.96. The molecular formula is C10H11NO5. The Kier molecular flexibility index (Phi) is 3.34. The van der Waals surface area contributed by atoms with E-state index in [-0.39, 0.29) is 11.3 Å². The fraction of sp³-hybridized carbons (Fsp3) is 0.200. The number of carbonyl (C=O) groups excluding carboxylic acids is 1. The van der Waals surface area contributed by atoms with Crippen LogP contribution in [-0.2, 0) is 4.79 Å². The maximum atomic E-state index is 11.5. The molecule has 0 spiro atoms. The molecule has 16 heavy (non-hydrogen) atoms. The minimum Gasteiger partial charge on any atom is -0.504 e. The first-order valence-corrected chi connectivity index (χ1v) is 4.47. The number of aromatic hydroxyl groups is 2. The van der Waals surface area contributed by atoms with Crippen LogP contribution in [-0.4, -0.2) is 33.2 Å². The summed E-state index contributed by atoms with van der Waals surface area (Å²) in [4.78, 5) is 21.9. The summed E-state index contributed by atoms with van der Waals surface area (Å²) in [5, 5.41) is 28.9. The van der Waals surface area contributed by atoms with E-state index in [0.29, 0.717) is 0 Å². The lowest BCUT2D eigenvalue weighted by molar-refractivity contribution is -0.138. The summed E-state index contributed by atoms with van der Waals surface area (Å²) in [6.07, 6.45) is 0. The van der Waals surface area contributed by atoms with Crippen LogP contribution in [0, 0.1) is 0 Å². The Hall–Kier alpha value is -2.24. The Bertz CT molecular complexity index is 429. The van der Waals surface area contributed by atoms with Gasteiger partial charge in [0.2, 0.25) is 0 Å². The molecule has 0 saturated heterocycles. The van der Waals surface area contributed by atoms with Gasteiger partial charge in [0.25, 0.3) is 5.91 Å². The lowest BCUT2D eigenvalue weighted by atomic mass is 10.2. The molecule has 6 nitrogen and oxygen atoms in total. The highest BCUT2D eigenvalue weighted by Crippen LogP contribution is 2.24. The van der Waals surface area contributed by atoms with E-state index in [1.807, 2.05) is 0 Å². The summed E-state index contributed by atoms with van der Waals surface area (Å²) in [5.74, 6) is -2.57. The second-order valence-corrected chi connectivity index (χ2v) is 3.24. The van der Waals surface area contributed by atoms with E-state index < -0.39 is 23.7 Å². The number of carbonyl (C=O) groups is 2. The van der Waals surface area contributed by atoms with Crippen LogP contribution < -0.4 is 5.32 Å². The van der Waals surface area contributed by atoms with Gasteiger partial charge in [-0.3, -0.25) is 9.59 Å². The lowest BCUT2D eigenvalue weighted by Gasteiger charge is -2.09. The van der Waals surface area contributed by atoms with Crippen LogP contribution in [0.15, 0.2) is 18.2 Å². The van der Waals surface area contributed by atoms with Crippen LogP contribution in [0.5, 0.6) is 11.5 Å². The first kappa shape index (κ1) is 11.8. The van der Waals surface area contributed by atoms with Gasteiger partial charge in [-0.2, -0.15) is 0 Å². The standard InChI is InChI=1S/C10H11NO5/c1-5(10(15)16)11-9(14)6-2-3-7(12)8(13)4-6/h2-5,12-13H,1H3,(H,11,14)(H,15,16). The van der Waals surface area contributed by atoms with Crippen molar-refractivity contribution in [3.05, 3.63) is 23.8 Å². The SMILES string of the molecule is CC(NC(=O)c1ccc(O)c(O)c1)C(=O)O. The van der Waals surface area contributed by atoms with Crippen molar-refractivity contribution in [2.45, 2.75) is 13.0 Å². The first-order chi connectivity index (χ1) is 7.41. The number of benzene rings is 1. The van der Waals surface area contributed by atoms with E-state index in [4.69, 9.17) is 15.3 Å². The molecule has 0 bridgehead atoms. The third kappa shape index (κ3) is 2.63. The molecular weight excluding hydrogens is 214 g/mol. The molecule has 1 amide bonds. The van der Waals surface area contributed by atoms with Gasteiger partial charge < -0.3 is 20.6 Å². The van der Waals surface area contributed by atoms with Gasteiger partial charge in [-0.1, -0.05) is 0 Å². The Labute approximate surface area is 91.1 Å². The van der Waals surface area contributed by atoms with Gasteiger partial charge >= 0.3 is 5.97 Å². The van der Waals surface area contributed by atoms with Crippen molar-refractivity contribution < 1.29 is 24.9 Å². The van der Waals surface area contributed by atoms with Crippen LogP contribution in [0.2, 0.25) is 0 Å². The molecule has 0 fully saturated rings. The molecule has 6 heteroatoms. The number of phenolic OH excluding ortho intramolecular Hbond substituents is 2. The molecule has 0 aliphatic carbocycles. The maximum absolute atomic E-state index is 11.5. The molecule has 4 N–H and O–H groups in total. The Morgan fingerprint density at radius 1 is 1.25 bits per heavy atom. The molecule has 0 radical (unpaired) electrons. The van der Waals surface area contributed by atoms with E-state index >= 15 is 0 Å². The number of aliphatic carboxylic acids is 1. The summed E-state index contributed by atoms with van der Waals surface area (Å²) in [6, 6.07) is 2.46. The third-order valence-electron chi connectivity index (χ3n) is 1.96. The average Bonchev–Trinajstić information content (AvgIpc) is 2.21. The fourth-order valence-electron chi connectivity index (χ4n) is 1.01. The van der Waals surface area contributed by atoms with Crippen molar-refractivity contribution in [1.82, 2.24) is 5.32 Å². The van der Waals surface area contributed by atoms with E-state index in [2.05, 4.69) is 5.32 Å². The zero-order chi connectivity index (χ0) is 12.3. The largest absolute Gasteiger partial charge is 0.504 e. The monoisotopic (exact) mass is 225 g/mol. The van der Waals surface area contributed by atoms with Crippen LogP contribution in [0.1, 0.15) is 17.3 Å². The van der Waals surface area contributed by atoms with Crippen molar-refractivity contribution >= 4 is 11.9 Å². The molecule has 0 saturated carbocycles. The summed E-state index contributed by atoms with van der Waals surface area (Å²) >= 11 is 0. The van der Waals surface area contributed by atoms with Crippen LogP contribution in [0.4, 0.5) is 0 Å². The summed E-state index contributed by atoms with van der Waals surface area (Å²) in [6.45, 7) is 1.32. The molecule has 0 heterocycles. The van der Waals surface area contributed by atoms with Crippen molar-refractivity contribution in [3.63, 3.8) is 0 Å². The quantitative estimate of drug-likeness (QED) is 0.553. The van der Waals surface area contributed by atoms with Gasteiger partial charge in [0, 0.05) is 5.56 Å². The highest BCUT2D eigenvalue weighted by atomic mass is 16.4. The van der Waals surface area contributed by atoms with Gasteiger partial charge in [-0.15, -0.1) is 0 Å². The topological polar surface area (TPSA) is 107 Å². The number of amides is 1. The van der Waals surface area contributed by atoms with E-state index in [0.717, 1.165) is 12.1 Å². The molecule has 1 aromatic rings. The Balaban J connectivity index is 2.81. The van der Waals surface area contributed by atoms with Gasteiger partial charge in [0.05, 0.1) is 0 Å². The number of hydrogen-bond acceptors (Lipinski definition) is 4. The van der Waals surface area contributed by atoms with Crippen molar-refractivity contribution in [1.29, 1.82) is 0 Å². The van der Waals surface area contributed by atoms with Crippen molar-refractivity contribution in [2.24, 2.45) is 0 Å². The maximum Gasteiger partial charge on any atom is 0.325 e. The van der Waals surface area contributed by atoms with E-state index in [1.165, 1.54) is 13.0 Å². The van der Waals surface area contributed by atoms with Gasteiger partial charge in [0.1, 0.15) is 6.04 Å². The first-order valence-electron chi connectivity index (χ1n) is 4.47. The van der Waals surface area contributed by atoms with Crippen LogP contribution >= 0.6 is 0 Å². The van der Waals surface area contributed by atoms with Gasteiger partial charge in [-0.05, 0) is 25.1 Å². The fourth-order valence-corrected chi connectivity index (χ4v) is 1.01. The molecule has 0 aromatic heterocycles. The van der Waals surface area contributed by atoms with Gasteiger partial charge in [-0.25, -0.2) is 0 Å². The molecule has 1 atom stereocenters. The smallest absolute Gasteiger partial charge is 0.325 e. The number of rotatable bonds is 3. The molecule has 86 valence electrons. The summed E-state index contributed by atoms with van der Waals surface area (Å²) in [7, 11) is 0. The zero-order valence-corrected chi connectivity index (χ0v) is 8.47. The normalized spacial score (nSPS) is 11.8. The van der Waals surface area contributed by atoms with Gasteiger partial charge in [0.15, 0.2) is 11.5 Å². The predicted molar refractivity (Wildman–Crippen MR) is 54.3 cm³/mol. The van der Waals surface area contributed by atoms with E-state index in [9.17, 15) is 9.59 Å². The van der Waals surface area contributed by atoms with Crippen LogP contribution in [0.3, 0.4) is 0 Å². The predicted octanol–water partition coefficient (Wildman–Crippen LogP) is 0.301. The number of nitrogens with one attached hydrogen (secondary N) is 1. The summed E-state index contributed by atoms with van der Waals surface area (Å²) in [5.41, 5.74) is 0.0726. The second kappa shape index (κ2) is 4.52. The van der Waals surface area contributed by atoms with E-state index in [1.54, 1.807) is 0 Å². The second-order valence-electron chi connectivity index (χ2n) is 3.24. The van der Waals surface area contributed by atoms with Crippen molar-refractivity contribution in [2.75, 3.05) is 0 Å². The Morgan fingerprint density at radius 2 is 1.88 bits per heavy atom. The molecule has 1 rings (SSSR count). The molecule has 0 aliphatic heterocycles. The number of carboxylic acid groups (broad SMARTS) is 1. The Morgan fingerprint density at radius 3 is 2.38 bits per heavy atom. The number of hydrogen-bond donors (Lipinski definition) is 4. The van der Waals surface area contributed by atoms with Crippen LogP contribution in [0.25, 0.3) is 0 Å². The minimum atomic E-state index is -1.16.